The van der Waals surface area contributed by atoms with Gasteiger partial charge < -0.3 is 15.0 Å². The maximum atomic E-state index is 12.3. The summed E-state index contributed by atoms with van der Waals surface area (Å²) >= 11 is 5.80. The van der Waals surface area contributed by atoms with Crippen molar-refractivity contribution in [2.24, 2.45) is 0 Å². The second-order valence-corrected chi connectivity index (χ2v) is 5.30. The van der Waals surface area contributed by atoms with Crippen LogP contribution in [0.3, 0.4) is 0 Å². The molecule has 1 N–H and O–H groups in total. The van der Waals surface area contributed by atoms with Gasteiger partial charge in [-0.25, -0.2) is 4.98 Å². The van der Waals surface area contributed by atoms with Crippen molar-refractivity contribution in [3.63, 3.8) is 0 Å². The third kappa shape index (κ3) is 4.41. The summed E-state index contributed by atoms with van der Waals surface area (Å²) in [6.07, 6.45) is 1.45. The number of carbonyl (C=O) groups excluding carboxylic acids is 2. The van der Waals surface area contributed by atoms with Gasteiger partial charge in [0.2, 0.25) is 5.91 Å². The molecule has 114 valence electrons. The van der Waals surface area contributed by atoms with Crippen LogP contribution in [0.1, 0.15) is 23.3 Å². The van der Waals surface area contributed by atoms with Gasteiger partial charge in [0.15, 0.2) is 0 Å². The van der Waals surface area contributed by atoms with E-state index in [9.17, 15) is 9.59 Å². The summed E-state index contributed by atoms with van der Waals surface area (Å²) in [5.74, 6) is -0.252. The summed E-state index contributed by atoms with van der Waals surface area (Å²) in [6.45, 7) is 1.24. The van der Waals surface area contributed by atoms with Crippen molar-refractivity contribution in [3.05, 3.63) is 29.0 Å². The highest BCUT2D eigenvalue weighted by Crippen LogP contribution is 2.14. The van der Waals surface area contributed by atoms with Gasteiger partial charge in [-0.1, -0.05) is 17.7 Å². The molecule has 0 radical (unpaired) electrons. The molecule has 1 aromatic rings. The lowest BCUT2D eigenvalue weighted by Crippen LogP contribution is -2.47. The SMILES string of the molecule is COCC(=O)NC1CCN(C(=O)c2cccc(Cl)n2)CC1. The standard InChI is InChI=1S/C14H18ClN3O3/c1-21-9-13(19)16-10-5-7-18(8-6-10)14(20)11-3-2-4-12(15)17-11/h2-4,10H,5-9H2,1H3,(H,16,19). The van der Waals surface area contributed by atoms with E-state index in [0.717, 1.165) is 12.8 Å². The van der Waals surface area contributed by atoms with Crippen LogP contribution in [0.25, 0.3) is 0 Å². The van der Waals surface area contributed by atoms with Gasteiger partial charge in [-0.15, -0.1) is 0 Å². The predicted molar refractivity (Wildman–Crippen MR) is 78.2 cm³/mol. The van der Waals surface area contributed by atoms with E-state index in [-0.39, 0.29) is 24.5 Å². The second-order valence-electron chi connectivity index (χ2n) is 4.91. The molecule has 2 heterocycles. The average molecular weight is 312 g/mol. The van der Waals surface area contributed by atoms with Gasteiger partial charge in [-0.05, 0) is 25.0 Å². The molecule has 1 aliphatic heterocycles. The minimum absolute atomic E-state index is 0.0611. The lowest BCUT2D eigenvalue weighted by Gasteiger charge is -2.32. The highest BCUT2D eigenvalue weighted by Gasteiger charge is 2.25. The molecule has 0 aromatic carbocycles. The average Bonchev–Trinajstić information content (AvgIpc) is 2.47. The molecular weight excluding hydrogens is 294 g/mol. The molecule has 1 saturated heterocycles. The fourth-order valence-electron chi connectivity index (χ4n) is 2.32. The highest BCUT2D eigenvalue weighted by molar-refractivity contribution is 6.29. The first kappa shape index (κ1) is 15.7. The number of carbonyl (C=O) groups is 2. The second kappa shape index (κ2) is 7.38. The number of piperidine rings is 1. The minimum Gasteiger partial charge on any atom is -0.375 e. The smallest absolute Gasteiger partial charge is 0.272 e. The van der Waals surface area contributed by atoms with E-state index in [4.69, 9.17) is 16.3 Å². The predicted octanol–water partition coefficient (Wildman–Crippen LogP) is 1.10. The Hall–Kier alpha value is -1.66. The zero-order chi connectivity index (χ0) is 15.2. The van der Waals surface area contributed by atoms with Gasteiger partial charge in [-0.3, -0.25) is 9.59 Å². The zero-order valence-electron chi connectivity index (χ0n) is 11.8. The van der Waals surface area contributed by atoms with E-state index in [1.165, 1.54) is 7.11 Å². The molecule has 7 heteroatoms. The van der Waals surface area contributed by atoms with Crippen LogP contribution in [0.4, 0.5) is 0 Å². The van der Waals surface area contributed by atoms with Crippen molar-refractivity contribution in [1.29, 1.82) is 0 Å². The normalized spacial score (nSPS) is 15.8. The Morgan fingerprint density at radius 2 is 2.14 bits per heavy atom. The number of hydrogen-bond acceptors (Lipinski definition) is 4. The van der Waals surface area contributed by atoms with Crippen molar-refractivity contribution in [2.45, 2.75) is 18.9 Å². The van der Waals surface area contributed by atoms with Crippen LogP contribution < -0.4 is 5.32 Å². The monoisotopic (exact) mass is 311 g/mol. The number of nitrogens with zero attached hydrogens (tertiary/aromatic N) is 2. The van der Waals surface area contributed by atoms with Crippen LogP contribution in [-0.4, -0.2) is 54.5 Å². The summed E-state index contributed by atoms with van der Waals surface area (Å²) in [6, 6.07) is 5.08. The molecule has 21 heavy (non-hydrogen) atoms. The molecule has 0 saturated carbocycles. The molecular formula is C14H18ClN3O3. The Bertz CT molecular complexity index is 516. The Labute approximate surface area is 128 Å². The number of halogens is 1. The quantitative estimate of drug-likeness (QED) is 0.845. The number of ether oxygens (including phenoxy) is 1. The van der Waals surface area contributed by atoms with E-state index < -0.39 is 0 Å². The molecule has 1 aliphatic rings. The number of aromatic nitrogens is 1. The number of pyridine rings is 1. The molecule has 0 unspecified atom stereocenters. The third-order valence-corrected chi connectivity index (χ3v) is 3.57. The summed E-state index contributed by atoms with van der Waals surface area (Å²) in [4.78, 5) is 29.5. The van der Waals surface area contributed by atoms with E-state index in [0.29, 0.717) is 23.9 Å². The van der Waals surface area contributed by atoms with Crippen LogP contribution in [-0.2, 0) is 9.53 Å². The van der Waals surface area contributed by atoms with Crippen molar-refractivity contribution in [2.75, 3.05) is 26.8 Å². The molecule has 1 fully saturated rings. The first-order chi connectivity index (χ1) is 10.1. The number of rotatable bonds is 4. The fourth-order valence-corrected chi connectivity index (χ4v) is 2.48. The molecule has 6 nitrogen and oxygen atoms in total. The molecule has 0 atom stereocenters. The Morgan fingerprint density at radius 3 is 2.76 bits per heavy atom. The zero-order valence-corrected chi connectivity index (χ0v) is 12.6. The summed E-state index contributed by atoms with van der Waals surface area (Å²) in [5.41, 5.74) is 0.351. The highest BCUT2D eigenvalue weighted by atomic mass is 35.5. The minimum atomic E-state index is -0.126. The van der Waals surface area contributed by atoms with Gasteiger partial charge in [0, 0.05) is 26.2 Å². The lowest BCUT2D eigenvalue weighted by molar-refractivity contribution is -0.125. The van der Waals surface area contributed by atoms with E-state index in [1.54, 1.807) is 23.1 Å². The first-order valence-corrected chi connectivity index (χ1v) is 7.18. The largest absolute Gasteiger partial charge is 0.375 e. The van der Waals surface area contributed by atoms with Gasteiger partial charge in [0.25, 0.3) is 5.91 Å². The summed E-state index contributed by atoms with van der Waals surface area (Å²) in [7, 11) is 1.48. The Kier molecular flexibility index (Phi) is 5.52. The molecule has 0 aliphatic carbocycles. The van der Waals surface area contributed by atoms with Crippen LogP contribution in [0.15, 0.2) is 18.2 Å². The van der Waals surface area contributed by atoms with Crippen LogP contribution >= 0.6 is 11.6 Å². The van der Waals surface area contributed by atoms with Crippen molar-refractivity contribution in [3.8, 4) is 0 Å². The number of amides is 2. The van der Waals surface area contributed by atoms with Gasteiger partial charge in [-0.2, -0.15) is 0 Å². The van der Waals surface area contributed by atoms with E-state index in [1.807, 2.05) is 0 Å². The molecule has 1 aromatic heterocycles. The number of methoxy groups -OCH3 is 1. The molecule has 0 spiro atoms. The van der Waals surface area contributed by atoms with Crippen LogP contribution in [0.5, 0.6) is 0 Å². The van der Waals surface area contributed by atoms with Gasteiger partial charge >= 0.3 is 0 Å². The number of hydrogen-bond donors (Lipinski definition) is 1. The fraction of sp³-hybridized carbons (Fsp3) is 0.500. The van der Waals surface area contributed by atoms with Crippen molar-refractivity contribution in [1.82, 2.24) is 15.2 Å². The van der Waals surface area contributed by atoms with Crippen LogP contribution in [0, 0.1) is 0 Å². The molecule has 2 amide bonds. The number of nitrogens with one attached hydrogen (secondary N) is 1. The Morgan fingerprint density at radius 1 is 1.43 bits per heavy atom. The van der Waals surface area contributed by atoms with E-state index >= 15 is 0 Å². The maximum absolute atomic E-state index is 12.3. The first-order valence-electron chi connectivity index (χ1n) is 6.80. The Balaban J connectivity index is 1.86. The van der Waals surface area contributed by atoms with Crippen molar-refractivity contribution < 1.29 is 14.3 Å². The van der Waals surface area contributed by atoms with Gasteiger partial charge in [0.05, 0.1) is 0 Å². The summed E-state index contributed by atoms with van der Waals surface area (Å²) < 4.78 is 4.78. The lowest BCUT2D eigenvalue weighted by atomic mass is 10.0. The molecule has 0 bridgehead atoms. The topological polar surface area (TPSA) is 71.5 Å². The van der Waals surface area contributed by atoms with Crippen molar-refractivity contribution >= 4 is 23.4 Å². The van der Waals surface area contributed by atoms with Crippen LogP contribution in [0.2, 0.25) is 5.15 Å². The van der Waals surface area contributed by atoms with Gasteiger partial charge in [0.1, 0.15) is 17.5 Å². The molecule has 2 rings (SSSR count). The number of likely N-dealkylation sites (tertiary alicyclic amines) is 1. The maximum Gasteiger partial charge on any atom is 0.272 e. The van der Waals surface area contributed by atoms with E-state index in [2.05, 4.69) is 10.3 Å². The third-order valence-electron chi connectivity index (χ3n) is 3.36. The summed E-state index contributed by atoms with van der Waals surface area (Å²) in [5, 5.41) is 3.20.